The maximum absolute atomic E-state index is 12.9. The van der Waals surface area contributed by atoms with E-state index in [0.29, 0.717) is 5.69 Å². The Morgan fingerprint density at radius 2 is 1.71 bits per heavy atom. The third-order valence-corrected chi connectivity index (χ3v) is 2.98. The number of imide groups is 1. The molecule has 104 valence electrons. The Morgan fingerprint density at radius 3 is 2.38 bits per heavy atom. The second kappa shape index (κ2) is 5.16. The molecule has 21 heavy (non-hydrogen) atoms. The molecule has 2 heterocycles. The molecule has 1 aliphatic heterocycles. The van der Waals surface area contributed by atoms with Crippen LogP contribution in [0.2, 0.25) is 0 Å². The van der Waals surface area contributed by atoms with Gasteiger partial charge in [0.05, 0.1) is 5.69 Å². The maximum Gasteiger partial charge on any atom is 0.333 e. The summed E-state index contributed by atoms with van der Waals surface area (Å²) in [7, 11) is 0. The van der Waals surface area contributed by atoms with Crippen molar-refractivity contribution in [2.75, 3.05) is 4.90 Å². The molecule has 6 heteroatoms. The highest BCUT2D eigenvalue weighted by Crippen LogP contribution is 2.22. The number of urea groups is 1. The fraction of sp³-hybridized carbons (Fsp3) is 0. The van der Waals surface area contributed by atoms with E-state index in [1.165, 1.54) is 24.3 Å². The first-order valence-electron chi connectivity index (χ1n) is 6.18. The van der Waals surface area contributed by atoms with Crippen LogP contribution in [-0.2, 0) is 4.79 Å². The van der Waals surface area contributed by atoms with E-state index in [4.69, 9.17) is 0 Å². The number of carbonyl (C=O) groups excluding carboxylic acids is 2. The number of anilines is 1. The number of halogens is 1. The molecule has 1 aromatic carbocycles. The van der Waals surface area contributed by atoms with Crippen LogP contribution in [0.5, 0.6) is 0 Å². The van der Waals surface area contributed by atoms with Crippen LogP contribution in [0.1, 0.15) is 5.56 Å². The molecule has 0 radical (unpaired) electrons. The first-order valence-corrected chi connectivity index (χ1v) is 6.18. The van der Waals surface area contributed by atoms with Gasteiger partial charge in [-0.1, -0.05) is 0 Å². The van der Waals surface area contributed by atoms with Gasteiger partial charge < -0.3 is 5.32 Å². The van der Waals surface area contributed by atoms with Gasteiger partial charge in [-0.15, -0.1) is 0 Å². The smallest absolute Gasteiger partial charge is 0.302 e. The number of benzene rings is 1. The average Bonchev–Trinajstić information content (AvgIpc) is 2.76. The summed E-state index contributed by atoms with van der Waals surface area (Å²) < 4.78 is 12.9. The van der Waals surface area contributed by atoms with Crippen LogP contribution in [0.25, 0.3) is 6.08 Å². The topological polar surface area (TPSA) is 62.3 Å². The van der Waals surface area contributed by atoms with Gasteiger partial charge in [0.15, 0.2) is 0 Å². The van der Waals surface area contributed by atoms with Gasteiger partial charge in [-0.25, -0.2) is 14.1 Å². The number of pyridine rings is 1. The van der Waals surface area contributed by atoms with E-state index in [9.17, 15) is 14.0 Å². The number of rotatable bonds is 2. The highest BCUT2D eigenvalue weighted by molar-refractivity contribution is 6.28. The lowest BCUT2D eigenvalue weighted by atomic mass is 10.2. The van der Waals surface area contributed by atoms with Gasteiger partial charge in [0.1, 0.15) is 11.5 Å². The van der Waals surface area contributed by atoms with E-state index in [1.54, 1.807) is 30.6 Å². The van der Waals surface area contributed by atoms with Crippen molar-refractivity contribution in [1.82, 2.24) is 10.3 Å². The van der Waals surface area contributed by atoms with Crippen molar-refractivity contribution in [3.63, 3.8) is 0 Å². The van der Waals surface area contributed by atoms with Crippen LogP contribution in [0, 0.1) is 5.82 Å². The molecule has 3 rings (SSSR count). The minimum absolute atomic E-state index is 0.163. The molecular weight excluding hydrogens is 273 g/mol. The zero-order chi connectivity index (χ0) is 14.8. The molecule has 1 aromatic heterocycles. The number of carbonyl (C=O) groups is 2. The quantitative estimate of drug-likeness (QED) is 0.679. The fourth-order valence-corrected chi connectivity index (χ4v) is 1.99. The van der Waals surface area contributed by atoms with E-state index in [0.717, 1.165) is 10.5 Å². The first kappa shape index (κ1) is 13.0. The van der Waals surface area contributed by atoms with Crippen LogP contribution in [0.4, 0.5) is 14.9 Å². The summed E-state index contributed by atoms with van der Waals surface area (Å²) >= 11 is 0. The highest BCUT2D eigenvalue weighted by Gasteiger charge is 2.34. The summed E-state index contributed by atoms with van der Waals surface area (Å²) in [5.74, 6) is -0.915. The molecule has 0 atom stereocenters. The minimum atomic E-state index is -0.563. The number of aromatic nitrogens is 1. The Hall–Kier alpha value is -3.02. The predicted molar refractivity (Wildman–Crippen MR) is 74.6 cm³/mol. The minimum Gasteiger partial charge on any atom is -0.302 e. The first-order chi connectivity index (χ1) is 10.1. The Morgan fingerprint density at radius 1 is 1.05 bits per heavy atom. The Balaban J connectivity index is 1.92. The summed E-state index contributed by atoms with van der Waals surface area (Å²) in [4.78, 5) is 29.0. The van der Waals surface area contributed by atoms with Crippen LogP contribution in [0.15, 0.2) is 54.5 Å². The summed E-state index contributed by atoms with van der Waals surface area (Å²) in [6.07, 6.45) is 4.74. The average molecular weight is 283 g/mol. The van der Waals surface area contributed by atoms with Crippen molar-refractivity contribution in [3.8, 4) is 0 Å². The second-order valence-corrected chi connectivity index (χ2v) is 4.39. The van der Waals surface area contributed by atoms with Crippen molar-refractivity contribution in [2.45, 2.75) is 0 Å². The Kier molecular flexibility index (Phi) is 3.19. The van der Waals surface area contributed by atoms with Crippen molar-refractivity contribution in [3.05, 3.63) is 65.9 Å². The van der Waals surface area contributed by atoms with Gasteiger partial charge in [-0.05, 0) is 48.0 Å². The number of hydrogen-bond donors (Lipinski definition) is 1. The van der Waals surface area contributed by atoms with Crippen LogP contribution in [0.3, 0.4) is 0 Å². The molecule has 1 saturated heterocycles. The van der Waals surface area contributed by atoms with E-state index >= 15 is 0 Å². The molecule has 1 aliphatic rings. The molecule has 0 bridgehead atoms. The number of hydrogen-bond acceptors (Lipinski definition) is 3. The van der Waals surface area contributed by atoms with Crippen molar-refractivity contribution < 1.29 is 14.0 Å². The van der Waals surface area contributed by atoms with Crippen molar-refractivity contribution in [1.29, 1.82) is 0 Å². The zero-order valence-electron chi connectivity index (χ0n) is 10.8. The normalized spacial score (nSPS) is 16.4. The zero-order valence-corrected chi connectivity index (χ0v) is 10.8. The standard InChI is InChI=1S/C15H10FN3O2/c16-11-1-3-12(4-2-11)19-14(20)13(18-15(19)21)9-10-5-7-17-8-6-10/h1-9H,(H,18,21)/b13-9-. The van der Waals surface area contributed by atoms with E-state index < -0.39 is 17.8 Å². The summed E-state index contributed by atoms with van der Waals surface area (Å²) in [6, 6.07) is 8.01. The molecule has 0 spiro atoms. The van der Waals surface area contributed by atoms with Gasteiger partial charge >= 0.3 is 6.03 Å². The van der Waals surface area contributed by atoms with Crippen molar-refractivity contribution >= 4 is 23.7 Å². The van der Waals surface area contributed by atoms with Crippen LogP contribution in [-0.4, -0.2) is 16.9 Å². The number of nitrogens with zero attached hydrogens (tertiary/aromatic N) is 2. The third kappa shape index (κ3) is 2.51. The Bertz CT molecular complexity index is 726. The number of nitrogens with one attached hydrogen (secondary N) is 1. The van der Waals surface area contributed by atoms with Crippen molar-refractivity contribution in [2.24, 2.45) is 0 Å². The van der Waals surface area contributed by atoms with Gasteiger partial charge in [0.25, 0.3) is 5.91 Å². The summed E-state index contributed by atoms with van der Waals surface area (Å²) in [5.41, 5.74) is 1.22. The monoisotopic (exact) mass is 283 g/mol. The van der Waals surface area contributed by atoms with Gasteiger partial charge in [-0.3, -0.25) is 9.78 Å². The van der Waals surface area contributed by atoms with E-state index in [2.05, 4.69) is 10.3 Å². The third-order valence-electron chi connectivity index (χ3n) is 2.98. The SMILES string of the molecule is O=C1N/C(=C\c2ccncc2)C(=O)N1c1ccc(F)cc1. The van der Waals surface area contributed by atoms with Crippen LogP contribution < -0.4 is 10.2 Å². The molecular formula is C15H10FN3O2. The van der Waals surface area contributed by atoms with Gasteiger partial charge in [0.2, 0.25) is 0 Å². The predicted octanol–water partition coefficient (Wildman–Crippen LogP) is 2.32. The largest absolute Gasteiger partial charge is 0.333 e. The molecule has 0 saturated carbocycles. The lowest BCUT2D eigenvalue weighted by molar-refractivity contribution is -0.113. The molecule has 1 N–H and O–H groups in total. The molecule has 1 fully saturated rings. The lowest BCUT2D eigenvalue weighted by Crippen LogP contribution is -2.30. The van der Waals surface area contributed by atoms with E-state index in [-0.39, 0.29) is 5.70 Å². The van der Waals surface area contributed by atoms with Crippen LogP contribution >= 0.6 is 0 Å². The molecule has 5 nitrogen and oxygen atoms in total. The highest BCUT2D eigenvalue weighted by atomic mass is 19.1. The summed E-state index contributed by atoms with van der Waals surface area (Å²) in [5, 5.41) is 2.50. The maximum atomic E-state index is 12.9. The molecule has 0 unspecified atom stereocenters. The summed E-state index contributed by atoms with van der Waals surface area (Å²) in [6.45, 7) is 0. The molecule has 2 aromatic rings. The number of amides is 3. The van der Waals surface area contributed by atoms with Gasteiger partial charge in [0, 0.05) is 12.4 Å². The van der Waals surface area contributed by atoms with E-state index in [1.807, 2.05) is 0 Å². The van der Waals surface area contributed by atoms with Gasteiger partial charge in [-0.2, -0.15) is 0 Å². The Labute approximate surface area is 119 Å². The molecule has 3 amide bonds. The molecule has 0 aliphatic carbocycles. The lowest BCUT2D eigenvalue weighted by Gasteiger charge is -2.11. The fourth-order valence-electron chi connectivity index (χ4n) is 1.99. The second-order valence-electron chi connectivity index (χ2n) is 4.39.